The van der Waals surface area contributed by atoms with E-state index in [0.29, 0.717) is 30.3 Å². The van der Waals surface area contributed by atoms with E-state index in [4.69, 9.17) is 18.9 Å². The van der Waals surface area contributed by atoms with Crippen LogP contribution in [0, 0.1) is 23.7 Å². The molecule has 2 aliphatic rings. The largest absolute Gasteiger partial charge is 0.356 e. The summed E-state index contributed by atoms with van der Waals surface area (Å²) in [4.78, 5) is 0. The second-order valence-corrected chi connectivity index (χ2v) is 7.09. The molecule has 4 nitrogen and oxygen atoms in total. The lowest BCUT2D eigenvalue weighted by atomic mass is 9.85. The van der Waals surface area contributed by atoms with Crippen LogP contribution in [0.15, 0.2) is 0 Å². The number of hydrogen-bond donors (Lipinski definition) is 0. The van der Waals surface area contributed by atoms with Gasteiger partial charge in [-0.1, -0.05) is 27.7 Å². The van der Waals surface area contributed by atoms with Crippen LogP contribution in [0.2, 0.25) is 0 Å². The van der Waals surface area contributed by atoms with Gasteiger partial charge in [-0.05, 0) is 30.6 Å². The van der Waals surface area contributed by atoms with Crippen molar-refractivity contribution in [1.82, 2.24) is 0 Å². The molecule has 0 aromatic carbocycles. The first-order valence-corrected chi connectivity index (χ1v) is 8.37. The molecule has 2 heterocycles. The quantitative estimate of drug-likeness (QED) is 0.797. The second kappa shape index (κ2) is 7.40. The van der Waals surface area contributed by atoms with Gasteiger partial charge in [0.05, 0.1) is 18.8 Å². The zero-order chi connectivity index (χ0) is 15.6. The summed E-state index contributed by atoms with van der Waals surface area (Å²) in [6, 6.07) is 0. The van der Waals surface area contributed by atoms with Crippen LogP contribution in [0.4, 0.5) is 0 Å². The summed E-state index contributed by atoms with van der Waals surface area (Å²) in [6.07, 6.45) is 2.08. The van der Waals surface area contributed by atoms with Crippen molar-refractivity contribution in [1.29, 1.82) is 0 Å². The van der Waals surface area contributed by atoms with Crippen LogP contribution in [0.1, 0.15) is 47.5 Å². The number of methoxy groups -OCH3 is 1. The molecule has 0 amide bonds. The fraction of sp³-hybridized carbons (Fsp3) is 1.00. The first-order valence-electron chi connectivity index (χ1n) is 8.37. The number of ether oxygens (including phenoxy) is 4. The minimum Gasteiger partial charge on any atom is -0.356 e. The predicted molar refractivity (Wildman–Crippen MR) is 81.8 cm³/mol. The minimum absolute atomic E-state index is 0.0901. The van der Waals surface area contributed by atoms with Crippen LogP contribution in [0.25, 0.3) is 0 Å². The maximum atomic E-state index is 6.02. The Morgan fingerprint density at radius 3 is 2.10 bits per heavy atom. The molecule has 0 aromatic rings. The van der Waals surface area contributed by atoms with Crippen LogP contribution in [0.5, 0.6) is 0 Å². The van der Waals surface area contributed by atoms with E-state index in [0.717, 1.165) is 12.8 Å². The maximum Gasteiger partial charge on any atom is 0.158 e. The van der Waals surface area contributed by atoms with Gasteiger partial charge in [0.15, 0.2) is 12.6 Å². The molecular weight excluding hydrogens is 268 g/mol. The molecule has 0 aliphatic carbocycles. The first-order chi connectivity index (χ1) is 9.92. The monoisotopic (exact) mass is 300 g/mol. The molecule has 0 bridgehead atoms. The topological polar surface area (TPSA) is 36.9 Å². The Hall–Kier alpha value is -0.160. The van der Waals surface area contributed by atoms with Crippen LogP contribution < -0.4 is 0 Å². The average Bonchev–Trinajstić information content (AvgIpc) is 2.45. The van der Waals surface area contributed by atoms with E-state index >= 15 is 0 Å². The Bertz CT molecular complexity index is 310. The summed E-state index contributed by atoms with van der Waals surface area (Å²) in [5.41, 5.74) is 0. The third kappa shape index (κ3) is 4.19. The fourth-order valence-electron chi connectivity index (χ4n) is 3.31. The van der Waals surface area contributed by atoms with Gasteiger partial charge in [-0.15, -0.1) is 0 Å². The third-order valence-electron chi connectivity index (χ3n) is 5.65. The maximum absolute atomic E-state index is 6.02. The van der Waals surface area contributed by atoms with Crippen molar-refractivity contribution in [2.45, 2.75) is 72.2 Å². The van der Waals surface area contributed by atoms with E-state index in [1.54, 1.807) is 7.11 Å². The molecule has 4 unspecified atom stereocenters. The van der Waals surface area contributed by atoms with Gasteiger partial charge in [0.2, 0.25) is 0 Å². The molecule has 8 atom stereocenters. The highest BCUT2D eigenvalue weighted by atomic mass is 16.7. The molecule has 0 spiro atoms. The van der Waals surface area contributed by atoms with E-state index < -0.39 is 0 Å². The summed E-state index contributed by atoms with van der Waals surface area (Å²) in [5, 5.41) is 0. The van der Waals surface area contributed by atoms with Gasteiger partial charge >= 0.3 is 0 Å². The van der Waals surface area contributed by atoms with Gasteiger partial charge in [-0.25, -0.2) is 0 Å². The van der Waals surface area contributed by atoms with Crippen LogP contribution >= 0.6 is 0 Å². The fourth-order valence-corrected chi connectivity index (χ4v) is 3.31. The summed E-state index contributed by atoms with van der Waals surface area (Å²) in [6.45, 7) is 11.8. The van der Waals surface area contributed by atoms with Crippen molar-refractivity contribution in [3.05, 3.63) is 0 Å². The molecule has 2 aliphatic heterocycles. The van der Waals surface area contributed by atoms with Gasteiger partial charge in [0.1, 0.15) is 0 Å². The summed E-state index contributed by atoms with van der Waals surface area (Å²) in [5.74, 6) is 2.29. The second-order valence-electron chi connectivity index (χ2n) is 7.09. The van der Waals surface area contributed by atoms with Crippen LogP contribution in [-0.4, -0.2) is 38.5 Å². The molecule has 0 radical (unpaired) electrons. The number of hydrogen-bond acceptors (Lipinski definition) is 4. The Kier molecular flexibility index (Phi) is 6.06. The van der Waals surface area contributed by atoms with Gasteiger partial charge in [0.25, 0.3) is 0 Å². The molecule has 0 aromatic heterocycles. The van der Waals surface area contributed by atoms with E-state index in [2.05, 4.69) is 34.6 Å². The van der Waals surface area contributed by atoms with Crippen LogP contribution in [-0.2, 0) is 18.9 Å². The summed E-state index contributed by atoms with van der Waals surface area (Å²) in [7, 11) is 1.71. The van der Waals surface area contributed by atoms with Crippen molar-refractivity contribution < 1.29 is 18.9 Å². The average molecular weight is 300 g/mol. The zero-order valence-electron chi connectivity index (χ0n) is 14.4. The molecule has 2 fully saturated rings. The summed E-state index contributed by atoms with van der Waals surface area (Å²) >= 11 is 0. The normalized spacial score (nSPS) is 48.3. The van der Waals surface area contributed by atoms with E-state index in [1.165, 1.54) is 0 Å². The first kappa shape index (κ1) is 17.2. The lowest BCUT2D eigenvalue weighted by Crippen LogP contribution is -2.44. The third-order valence-corrected chi connectivity index (χ3v) is 5.65. The van der Waals surface area contributed by atoms with Crippen molar-refractivity contribution in [3.8, 4) is 0 Å². The molecule has 2 saturated heterocycles. The molecule has 21 heavy (non-hydrogen) atoms. The van der Waals surface area contributed by atoms with Gasteiger partial charge in [-0.2, -0.15) is 0 Å². The highest BCUT2D eigenvalue weighted by Gasteiger charge is 2.36. The Morgan fingerprint density at radius 2 is 1.48 bits per heavy atom. The van der Waals surface area contributed by atoms with Gasteiger partial charge in [-0.3, -0.25) is 0 Å². The smallest absolute Gasteiger partial charge is 0.158 e. The minimum atomic E-state index is -0.102. The van der Waals surface area contributed by atoms with Crippen LogP contribution in [0.3, 0.4) is 0 Å². The molecule has 124 valence electrons. The Labute approximate surface area is 129 Å². The molecule has 2 rings (SSSR count). The predicted octanol–water partition coefficient (Wildman–Crippen LogP) is 3.44. The highest BCUT2D eigenvalue weighted by Crippen LogP contribution is 2.33. The SMILES string of the molecule is CO[C@H]1CC(C)[C@@H](C)C(CO[C@H]2CC(C)[C@@H](C)C(C)O2)O1. The highest BCUT2D eigenvalue weighted by molar-refractivity contribution is 4.79. The van der Waals surface area contributed by atoms with E-state index in [1.807, 2.05) is 0 Å². The van der Waals surface area contributed by atoms with Crippen molar-refractivity contribution in [3.63, 3.8) is 0 Å². The Balaban J connectivity index is 1.84. The van der Waals surface area contributed by atoms with Crippen molar-refractivity contribution >= 4 is 0 Å². The Morgan fingerprint density at radius 1 is 0.857 bits per heavy atom. The van der Waals surface area contributed by atoms with Gasteiger partial charge < -0.3 is 18.9 Å². The zero-order valence-corrected chi connectivity index (χ0v) is 14.4. The van der Waals surface area contributed by atoms with Gasteiger partial charge in [0, 0.05) is 20.0 Å². The molecule has 0 saturated carbocycles. The van der Waals surface area contributed by atoms with Crippen molar-refractivity contribution in [2.24, 2.45) is 23.7 Å². The van der Waals surface area contributed by atoms with E-state index in [9.17, 15) is 0 Å². The van der Waals surface area contributed by atoms with Crippen molar-refractivity contribution in [2.75, 3.05) is 13.7 Å². The standard InChI is InChI=1S/C17H32O4/c1-10-8-17(20-14(5)12(10)3)19-9-15-13(4)11(2)7-16(18-6)21-15/h10-17H,7-9H2,1-6H3/t10?,11?,12-,13-,14?,15?,16-,17-/m1/s1. The lowest BCUT2D eigenvalue weighted by molar-refractivity contribution is -0.259. The molecule has 0 N–H and O–H groups in total. The summed E-state index contributed by atoms with van der Waals surface area (Å²) < 4.78 is 23.3. The lowest BCUT2D eigenvalue weighted by Gasteiger charge is -2.41. The molecule has 4 heteroatoms. The molecular formula is C17H32O4. The van der Waals surface area contributed by atoms with E-state index in [-0.39, 0.29) is 24.8 Å². The number of rotatable bonds is 4.